The summed E-state index contributed by atoms with van der Waals surface area (Å²) in [5.74, 6) is 0.800. The van der Waals surface area contributed by atoms with Crippen LogP contribution in [0.2, 0.25) is 0 Å². The fourth-order valence-electron chi connectivity index (χ4n) is 3.87. The monoisotopic (exact) mass is 375 g/mol. The van der Waals surface area contributed by atoms with E-state index < -0.39 is 0 Å². The second kappa shape index (κ2) is 8.30. The van der Waals surface area contributed by atoms with Crippen molar-refractivity contribution < 1.29 is 9.53 Å². The van der Waals surface area contributed by atoms with Gasteiger partial charge in [0.25, 0.3) is 0 Å². The molecule has 1 heterocycles. The first kappa shape index (κ1) is 18.3. The quantitative estimate of drug-likeness (QED) is 0.715. The number of carbonyl (C=O) groups excluding carboxylic acids is 1. The molecule has 1 aliphatic rings. The molecule has 2 aromatic carbocycles. The molecule has 4 rings (SSSR count). The molecule has 144 valence electrons. The Morgan fingerprint density at radius 1 is 1.18 bits per heavy atom. The van der Waals surface area contributed by atoms with Crippen LogP contribution in [0.4, 0.5) is 0 Å². The molecule has 1 unspecified atom stereocenters. The van der Waals surface area contributed by atoms with E-state index in [1.54, 1.807) is 7.11 Å². The van der Waals surface area contributed by atoms with E-state index in [-0.39, 0.29) is 11.9 Å². The molecule has 28 heavy (non-hydrogen) atoms. The van der Waals surface area contributed by atoms with Gasteiger partial charge >= 0.3 is 0 Å². The summed E-state index contributed by atoms with van der Waals surface area (Å²) in [6.45, 7) is 0.765. The highest BCUT2D eigenvalue weighted by Crippen LogP contribution is 2.30. The Morgan fingerprint density at radius 3 is 2.82 bits per heavy atom. The van der Waals surface area contributed by atoms with E-state index >= 15 is 0 Å². The Bertz CT molecular complexity index is 949. The number of methoxy groups -OCH3 is 1. The molecule has 1 N–H and O–H groups in total. The van der Waals surface area contributed by atoms with E-state index in [0.29, 0.717) is 6.42 Å². The number of nitrogens with one attached hydrogen (secondary N) is 1. The normalized spacial score (nSPS) is 15.7. The van der Waals surface area contributed by atoms with Gasteiger partial charge < -0.3 is 10.1 Å². The fraction of sp³-hybridized carbons (Fsp3) is 0.304. The average Bonchev–Trinajstić information content (AvgIpc) is 3.13. The minimum absolute atomic E-state index is 0.0295. The lowest BCUT2D eigenvalue weighted by atomic mass is 9.92. The first-order valence-electron chi connectivity index (χ1n) is 9.74. The highest BCUT2D eigenvalue weighted by molar-refractivity contribution is 5.79. The number of amides is 1. The number of hydrogen-bond acceptors (Lipinski definition) is 3. The van der Waals surface area contributed by atoms with Gasteiger partial charge in [-0.1, -0.05) is 42.5 Å². The second-order valence-corrected chi connectivity index (χ2v) is 7.23. The van der Waals surface area contributed by atoms with E-state index in [0.717, 1.165) is 42.7 Å². The van der Waals surface area contributed by atoms with Gasteiger partial charge in [-0.15, -0.1) is 0 Å². The molecule has 1 atom stereocenters. The fourth-order valence-corrected chi connectivity index (χ4v) is 3.87. The average molecular weight is 375 g/mol. The number of hydrogen-bond donors (Lipinski definition) is 1. The summed E-state index contributed by atoms with van der Waals surface area (Å²) in [6.07, 6.45) is 5.28. The maximum Gasteiger partial charge on any atom is 0.224 e. The maximum atomic E-state index is 12.6. The van der Waals surface area contributed by atoms with E-state index in [2.05, 4.69) is 27.2 Å². The van der Waals surface area contributed by atoms with Gasteiger partial charge in [-0.25, -0.2) is 0 Å². The summed E-state index contributed by atoms with van der Waals surface area (Å²) >= 11 is 0. The highest BCUT2D eigenvalue weighted by Gasteiger charge is 2.25. The summed E-state index contributed by atoms with van der Waals surface area (Å²) in [4.78, 5) is 12.6. The number of ether oxygens (including phenoxy) is 1. The molecule has 3 aromatic rings. The van der Waals surface area contributed by atoms with Gasteiger partial charge in [0.15, 0.2) is 0 Å². The summed E-state index contributed by atoms with van der Waals surface area (Å²) in [5, 5.41) is 7.81. The minimum atomic E-state index is 0.0295. The van der Waals surface area contributed by atoms with Gasteiger partial charge in [0.2, 0.25) is 5.91 Å². The highest BCUT2D eigenvalue weighted by atomic mass is 16.5. The van der Waals surface area contributed by atoms with Crippen LogP contribution >= 0.6 is 0 Å². The zero-order valence-corrected chi connectivity index (χ0v) is 16.1. The molecule has 0 saturated heterocycles. The molecule has 1 amide bonds. The van der Waals surface area contributed by atoms with E-state index in [1.165, 1.54) is 11.3 Å². The first-order valence-corrected chi connectivity index (χ1v) is 9.74. The van der Waals surface area contributed by atoms with Crippen molar-refractivity contribution in [1.29, 1.82) is 0 Å². The van der Waals surface area contributed by atoms with Crippen molar-refractivity contribution in [3.05, 3.63) is 83.2 Å². The van der Waals surface area contributed by atoms with Crippen LogP contribution < -0.4 is 10.1 Å². The van der Waals surface area contributed by atoms with Crippen LogP contribution in [-0.4, -0.2) is 22.8 Å². The molecule has 1 aliphatic carbocycles. The number of carbonyl (C=O) groups is 1. The maximum absolute atomic E-state index is 12.6. The summed E-state index contributed by atoms with van der Waals surface area (Å²) in [6, 6.07) is 18.0. The number of fused-ring (bicyclic) bond motifs is 1. The largest absolute Gasteiger partial charge is 0.497 e. The molecule has 0 fully saturated rings. The third kappa shape index (κ3) is 4.09. The van der Waals surface area contributed by atoms with Crippen molar-refractivity contribution in [3.63, 3.8) is 0 Å². The molecule has 0 aliphatic heterocycles. The molecule has 0 radical (unpaired) electrons. The standard InChI is InChI=1S/C23H25N3O2/c1-28-19-10-5-9-18(13-19)14-23(27)25-21-11-6-12-22-20(21)15-24-26(22)16-17-7-3-2-4-8-17/h2-5,7-10,13,15,21H,6,11-12,14,16H2,1H3,(H,25,27). The van der Waals surface area contributed by atoms with Crippen molar-refractivity contribution >= 4 is 5.91 Å². The van der Waals surface area contributed by atoms with Crippen molar-refractivity contribution in [3.8, 4) is 5.75 Å². The molecule has 0 spiro atoms. The zero-order valence-electron chi connectivity index (χ0n) is 16.1. The molecule has 1 aromatic heterocycles. The van der Waals surface area contributed by atoms with Gasteiger partial charge in [-0.05, 0) is 42.5 Å². The van der Waals surface area contributed by atoms with Crippen LogP contribution in [0.1, 0.15) is 41.3 Å². The second-order valence-electron chi connectivity index (χ2n) is 7.23. The molecule has 0 bridgehead atoms. The summed E-state index contributed by atoms with van der Waals surface area (Å²) < 4.78 is 7.32. The predicted octanol–water partition coefficient (Wildman–Crippen LogP) is 3.68. The van der Waals surface area contributed by atoms with Crippen molar-refractivity contribution in [2.24, 2.45) is 0 Å². The zero-order chi connectivity index (χ0) is 19.3. The van der Waals surface area contributed by atoms with Crippen molar-refractivity contribution in [1.82, 2.24) is 15.1 Å². The third-order valence-corrected chi connectivity index (χ3v) is 5.27. The lowest BCUT2D eigenvalue weighted by molar-refractivity contribution is -0.121. The van der Waals surface area contributed by atoms with Crippen LogP contribution in [0.3, 0.4) is 0 Å². The molecule has 5 nitrogen and oxygen atoms in total. The van der Waals surface area contributed by atoms with Crippen LogP contribution in [0.15, 0.2) is 60.8 Å². The van der Waals surface area contributed by atoms with E-state index in [1.807, 2.05) is 48.7 Å². The van der Waals surface area contributed by atoms with Gasteiger partial charge in [0.1, 0.15) is 5.75 Å². The smallest absolute Gasteiger partial charge is 0.224 e. The molecule has 0 saturated carbocycles. The van der Waals surface area contributed by atoms with Gasteiger partial charge in [-0.2, -0.15) is 5.10 Å². The van der Waals surface area contributed by atoms with Gasteiger partial charge in [-0.3, -0.25) is 9.48 Å². The van der Waals surface area contributed by atoms with Crippen LogP contribution in [0.25, 0.3) is 0 Å². The molecular formula is C23H25N3O2. The van der Waals surface area contributed by atoms with Crippen LogP contribution in [0.5, 0.6) is 5.75 Å². The van der Waals surface area contributed by atoms with E-state index in [9.17, 15) is 4.79 Å². The summed E-state index contributed by atoms with van der Waals surface area (Å²) in [5.41, 5.74) is 4.58. The predicted molar refractivity (Wildman–Crippen MR) is 108 cm³/mol. The Hall–Kier alpha value is -3.08. The third-order valence-electron chi connectivity index (χ3n) is 5.27. The van der Waals surface area contributed by atoms with Crippen molar-refractivity contribution in [2.75, 3.05) is 7.11 Å². The minimum Gasteiger partial charge on any atom is -0.497 e. The molecular weight excluding hydrogens is 350 g/mol. The molecule has 5 heteroatoms. The first-order chi connectivity index (χ1) is 13.7. The van der Waals surface area contributed by atoms with Gasteiger partial charge in [0, 0.05) is 11.3 Å². The Balaban J connectivity index is 1.45. The SMILES string of the molecule is COc1cccc(CC(=O)NC2CCCc3c2cnn3Cc2ccccc2)c1. The number of rotatable bonds is 6. The van der Waals surface area contributed by atoms with E-state index in [4.69, 9.17) is 4.74 Å². The van der Waals surface area contributed by atoms with Gasteiger partial charge in [0.05, 0.1) is 32.3 Å². The topological polar surface area (TPSA) is 56.1 Å². The summed E-state index contributed by atoms with van der Waals surface area (Å²) in [7, 11) is 1.63. The Morgan fingerprint density at radius 2 is 2.00 bits per heavy atom. The lowest BCUT2D eigenvalue weighted by Crippen LogP contribution is -2.32. The number of aromatic nitrogens is 2. The Kier molecular flexibility index (Phi) is 5.42. The number of nitrogens with zero attached hydrogens (tertiary/aromatic N) is 2. The van der Waals surface area contributed by atoms with Crippen LogP contribution in [-0.2, 0) is 24.2 Å². The Labute approximate surface area is 165 Å². The number of benzene rings is 2. The van der Waals surface area contributed by atoms with Crippen LogP contribution in [0, 0.1) is 0 Å². The lowest BCUT2D eigenvalue weighted by Gasteiger charge is -2.24. The van der Waals surface area contributed by atoms with Crippen molar-refractivity contribution in [2.45, 2.75) is 38.3 Å².